The lowest BCUT2D eigenvalue weighted by Crippen LogP contribution is -2.44. The van der Waals surface area contributed by atoms with E-state index in [0.29, 0.717) is 45.9 Å². The Balaban J connectivity index is 1.34. The monoisotopic (exact) mass is 502 g/mol. The number of amides is 4. The number of nitrogens with zero attached hydrogens (tertiary/aromatic N) is 2. The summed E-state index contributed by atoms with van der Waals surface area (Å²) in [5.41, 5.74) is 5.74. The molecule has 4 aromatic carbocycles. The van der Waals surface area contributed by atoms with Crippen LogP contribution in [0.1, 0.15) is 63.7 Å². The van der Waals surface area contributed by atoms with Gasteiger partial charge in [-0.2, -0.15) is 0 Å². The molecule has 188 valence electrons. The summed E-state index contributed by atoms with van der Waals surface area (Å²) >= 11 is 0. The van der Waals surface area contributed by atoms with Crippen molar-refractivity contribution in [1.82, 2.24) is 9.80 Å². The summed E-state index contributed by atoms with van der Waals surface area (Å²) in [5.74, 6) is -1.60. The number of aryl methyl sites for hydroxylation is 2. The second-order valence-corrected chi connectivity index (χ2v) is 9.95. The molecule has 0 atom stereocenters. The number of benzene rings is 4. The van der Waals surface area contributed by atoms with Gasteiger partial charge in [0, 0.05) is 46.1 Å². The number of hydrogen-bond donors (Lipinski definition) is 0. The normalized spacial score (nSPS) is 14.6. The van der Waals surface area contributed by atoms with Gasteiger partial charge in [-0.05, 0) is 73.2 Å². The summed E-state index contributed by atoms with van der Waals surface area (Å²) in [7, 11) is 0. The van der Waals surface area contributed by atoms with Crippen molar-refractivity contribution in [3.8, 4) is 0 Å². The van der Waals surface area contributed by atoms with Gasteiger partial charge in [0.15, 0.2) is 0 Å². The Bertz CT molecular complexity index is 1490. The molecule has 0 saturated carbocycles. The van der Waals surface area contributed by atoms with Crippen LogP contribution in [0.25, 0.3) is 10.8 Å². The fourth-order valence-corrected chi connectivity index (χ4v) is 5.63. The molecular formula is C32H26N2O4. The van der Waals surface area contributed by atoms with Crippen molar-refractivity contribution in [1.29, 1.82) is 0 Å². The van der Waals surface area contributed by atoms with Gasteiger partial charge in [0.05, 0.1) is 0 Å². The van der Waals surface area contributed by atoms with Gasteiger partial charge in [-0.25, -0.2) is 0 Å². The molecule has 6 heteroatoms. The third kappa shape index (κ3) is 3.64. The van der Waals surface area contributed by atoms with E-state index in [2.05, 4.69) is 0 Å². The molecule has 0 aromatic heterocycles. The standard InChI is InChI=1S/C32H26N2O4/c1-19-7-3-5-9-21(19)15-17-33-29(35)23-11-13-25-28-26(14-12-24(27(23)28)30(33)36)32(38)34(31(25)37)18-16-22-10-6-4-8-20(22)2/h3-14H,15-18H2,1-2H3. The Labute approximate surface area is 220 Å². The van der Waals surface area contributed by atoms with E-state index in [1.807, 2.05) is 62.4 Å². The van der Waals surface area contributed by atoms with Crippen molar-refractivity contribution in [3.05, 3.63) is 117 Å². The van der Waals surface area contributed by atoms with Crippen LogP contribution < -0.4 is 0 Å². The Kier molecular flexibility index (Phi) is 5.68. The van der Waals surface area contributed by atoms with E-state index in [1.54, 1.807) is 24.3 Å². The highest BCUT2D eigenvalue weighted by atomic mass is 16.2. The maximum Gasteiger partial charge on any atom is 0.261 e. The first-order valence-electron chi connectivity index (χ1n) is 12.8. The maximum absolute atomic E-state index is 13.5. The summed E-state index contributed by atoms with van der Waals surface area (Å²) in [5, 5.41) is 0.810. The molecule has 2 aliphatic rings. The third-order valence-electron chi connectivity index (χ3n) is 7.79. The largest absolute Gasteiger partial charge is 0.274 e. The Hall–Kier alpha value is -4.58. The van der Waals surface area contributed by atoms with Crippen molar-refractivity contribution < 1.29 is 19.2 Å². The van der Waals surface area contributed by atoms with Crippen molar-refractivity contribution in [3.63, 3.8) is 0 Å². The van der Waals surface area contributed by atoms with Crippen LogP contribution in [0.15, 0.2) is 72.8 Å². The minimum absolute atomic E-state index is 0.248. The van der Waals surface area contributed by atoms with Gasteiger partial charge >= 0.3 is 0 Å². The molecule has 0 aliphatic carbocycles. The highest BCUT2D eigenvalue weighted by Gasteiger charge is 2.39. The summed E-state index contributed by atoms with van der Waals surface area (Å²) in [4.78, 5) is 56.5. The van der Waals surface area contributed by atoms with Crippen molar-refractivity contribution in [2.45, 2.75) is 26.7 Å². The van der Waals surface area contributed by atoms with E-state index >= 15 is 0 Å². The molecule has 6 rings (SSSR count). The van der Waals surface area contributed by atoms with E-state index in [0.717, 1.165) is 22.3 Å². The Morgan fingerprint density at radius 2 is 0.789 bits per heavy atom. The van der Waals surface area contributed by atoms with Crippen LogP contribution in [0.5, 0.6) is 0 Å². The summed E-state index contributed by atoms with van der Waals surface area (Å²) in [6.45, 7) is 4.51. The molecule has 0 spiro atoms. The number of hydrogen-bond acceptors (Lipinski definition) is 4. The first-order chi connectivity index (χ1) is 18.4. The number of rotatable bonds is 6. The van der Waals surface area contributed by atoms with Crippen LogP contribution in [0.3, 0.4) is 0 Å². The van der Waals surface area contributed by atoms with Gasteiger partial charge in [-0.1, -0.05) is 48.5 Å². The van der Waals surface area contributed by atoms with Crippen LogP contribution in [0.4, 0.5) is 0 Å². The van der Waals surface area contributed by atoms with E-state index < -0.39 is 23.6 Å². The molecule has 38 heavy (non-hydrogen) atoms. The first kappa shape index (κ1) is 23.8. The fourth-order valence-electron chi connectivity index (χ4n) is 5.63. The minimum atomic E-state index is -0.401. The summed E-state index contributed by atoms with van der Waals surface area (Å²) in [6, 6.07) is 22.3. The van der Waals surface area contributed by atoms with Crippen molar-refractivity contribution >= 4 is 34.4 Å². The molecule has 4 aromatic rings. The SMILES string of the molecule is Cc1ccccc1CCN1C(=O)c2ccc3c4c(ccc(c24)C1=O)C(=O)N(CCc1ccccc1C)C3=O. The van der Waals surface area contributed by atoms with Crippen LogP contribution in [-0.2, 0) is 12.8 Å². The number of carbonyl (C=O) groups is 4. The quantitative estimate of drug-likeness (QED) is 0.343. The predicted molar refractivity (Wildman–Crippen MR) is 144 cm³/mol. The van der Waals surface area contributed by atoms with E-state index in [1.165, 1.54) is 9.80 Å². The second kappa shape index (κ2) is 9.06. The van der Waals surface area contributed by atoms with Crippen LogP contribution in [-0.4, -0.2) is 46.5 Å². The molecule has 0 saturated heterocycles. The van der Waals surface area contributed by atoms with Crippen molar-refractivity contribution in [2.24, 2.45) is 0 Å². The molecule has 0 unspecified atom stereocenters. The highest BCUT2D eigenvalue weighted by molar-refractivity contribution is 6.33. The van der Waals surface area contributed by atoms with Gasteiger partial charge in [0.2, 0.25) is 0 Å². The lowest BCUT2D eigenvalue weighted by Gasteiger charge is -2.32. The van der Waals surface area contributed by atoms with Crippen LogP contribution in [0.2, 0.25) is 0 Å². The predicted octanol–water partition coefficient (Wildman–Crippen LogP) is 5.13. The molecule has 0 fully saturated rings. The second-order valence-electron chi connectivity index (χ2n) is 9.95. The number of carbonyl (C=O) groups excluding carboxylic acids is 4. The molecule has 0 radical (unpaired) electrons. The molecule has 2 heterocycles. The molecule has 6 nitrogen and oxygen atoms in total. The average Bonchev–Trinajstić information content (AvgIpc) is 2.92. The zero-order valence-corrected chi connectivity index (χ0v) is 21.3. The molecule has 0 bridgehead atoms. The van der Waals surface area contributed by atoms with Gasteiger partial charge < -0.3 is 0 Å². The zero-order chi connectivity index (χ0) is 26.6. The van der Waals surface area contributed by atoms with E-state index in [4.69, 9.17) is 0 Å². The topological polar surface area (TPSA) is 74.8 Å². The van der Waals surface area contributed by atoms with E-state index in [-0.39, 0.29) is 13.1 Å². The minimum Gasteiger partial charge on any atom is -0.274 e. The smallest absolute Gasteiger partial charge is 0.261 e. The van der Waals surface area contributed by atoms with Gasteiger partial charge in [0.25, 0.3) is 23.6 Å². The number of imide groups is 2. The molecule has 2 aliphatic heterocycles. The molecular weight excluding hydrogens is 476 g/mol. The Morgan fingerprint density at radius 3 is 1.11 bits per heavy atom. The van der Waals surface area contributed by atoms with Gasteiger partial charge in [-0.15, -0.1) is 0 Å². The van der Waals surface area contributed by atoms with Gasteiger partial charge in [-0.3, -0.25) is 29.0 Å². The molecule has 4 amide bonds. The fraction of sp³-hybridized carbons (Fsp3) is 0.188. The van der Waals surface area contributed by atoms with Gasteiger partial charge in [0.1, 0.15) is 0 Å². The van der Waals surface area contributed by atoms with Crippen LogP contribution in [0, 0.1) is 13.8 Å². The average molecular weight is 503 g/mol. The van der Waals surface area contributed by atoms with Crippen LogP contribution >= 0.6 is 0 Å². The summed E-state index contributed by atoms with van der Waals surface area (Å²) in [6.07, 6.45) is 1.09. The zero-order valence-electron chi connectivity index (χ0n) is 21.3. The third-order valence-corrected chi connectivity index (χ3v) is 7.79. The van der Waals surface area contributed by atoms with E-state index in [9.17, 15) is 19.2 Å². The highest BCUT2D eigenvalue weighted by Crippen LogP contribution is 2.38. The lowest BCUT2D eigenvalue weighted by molar-refractivity contribution is 0.0590. The first-order valence-corrected chi connectivity index (χ1v) is 12.8. The summed E-state index contributed by atoms with van der Waals surface area (Å²) < 4.78 is 0. The maximum atomic E-state index is 13.5. The lowest BCUT2D eigenvalue weighted by atomic mass is 9.85. The molecule has 0 N–H and O–H groups in total. The Morgan fingerprint density at radius 1 is 0.474 bits per heavy atom. The van der Waals surface area contributed by atoms with Crippen molar-refractivity contribution in [2.75, 3.05) is 13.1 Å².